The van der Waals surface area contributed by atoms with Crippen molar-refractivity contribution < 1.29 is 13.9 Å². The van der Waals surface area contributed by atoms with E-state index in [0.29, 0.717) is 6.54 Å². The fourth-order valence-corrected chi connectivity index (χ4v) is 6.15. The number of allylic oxidation sites excluding steroid dienone is 2. The van der Waals surface area contributed by atoms with E-state index < -0.39 is 5.60 Å². The third-order valence-corrected chi connectivity index (χ3v) is 7.62. The van der Waals surface area contributed by atoms with Gasteiger partial charge in [0.2, 0.25) is 0 Å². The summed E-state index contributed by atoms with van der Waals surface area (Å²) in [6.07, 6.45) is 9.10. The third kappa shape index (κ3) is 3.55. The van der Waals surface area contributed by atoms with Crippen LogP contribution in [0.2, 0.25) is 0 Å². The molecule has 0 unspecified atom stereocenters. The number of hydrogen-bond donors (Lipinski definition) is 0. The molecule has 0 N–H and O–H groups in total. The van der Waals surface area contributed by atoms with Crippen molar-refractivity contribution in [1.29, 1.82) is 0 Å². The number of piperidine rings is 1. The van der Waals surface area contributed by atoms with Crippen molar-refractivity contribution in [3.63, 3.8) is 0 Å². The molecule has 1 spiro atoms. The summed E-state index contributed by atoms with van der Waals surface area (Å²) in [4.78, 5) is 17.2. The third-order valence-electron chi connectivity index (χ3n) is 7.62. The van der Waals surface area contributed by atoms with Crippen LogP contribution in [0.25, 0.3) is 0 Å². The van der Waals surface area contributed by atoms with Gasteiger partial charge in [-0.15, -0.1) is 0 Å². The number of ether oxygens (including phenoxy) is 1. The topological polar surface area (TPSA) is 32.8 Å². The Morgan fingerprint density at radius 3 is 2.60 bits per heavy atom. The number of fused-ring (bicyclic) bond motifs is 4. The second kappa shape index (κ2) is 7.08. The molecule has 5 heteroatoms. The predicted octanol–water partition coefficient (Wildman–Crippen LogP) is 5.13. The van der Waals surface area contributed by atoms with Gasteiger partial charge in [0.1, 0.15) is 11.4 Å². The van der Waals surface area contributed by atoms with Crippen molar-refractivity contribution in [2.24, 2.45) is 17.8 Å². The summed E-state index contributed by atoms with van der Waals surface area (Å²) >= 11 is 0. The molecule has 1 saturated carbocycles. The van der Waals surface area contributed by atoms with Gasteiger partial charge < -0.3 is 9.64 Å². The molecule has 4 aliphatic rings. The number of amides is 1. The minimum atomic E-state index is -0.550. The van der Waals surface area contributed by atoms with Gasteiger partial charge in [-0.1, -0.05) is 12.2 Å². The summed E-state index contributed by atoms with van der Waals surface area (Å²) in [7, 11) is 0. The zero-order chi connectivity index (χ0) is 21.1. The number of benzene rings is 1. The zero-order valence-electron chi connectivity index (χ0n) is 18.4. The molecule has 162 valence electrons. The Balaban J connectivity index is 1.31. The number of nitrogens with zero attached hydrogens (tertiary/aromatic N) is 2. The maximum absolute atomic E-state index is 14.2. The first-order valence-corrected chi connectivity index (χ1v) is 11.4. The summed E-state index contributed by atoms with van der Waals surface area (Å²) in [6.45, 7) is 9.42. The minimum absolute atomic E-state index is 0.167. The fourth-order valence-electron chi connectivity index (χ4n) is 6.15. The highest BCUT2D eigenvalue weighted by Gasteiger charge is 2.48. The van der Waals surface area contributed by atoms with Crippen molar-refractivity contribution in [3.8, 4) is 0 Å². The van der Waals surface area contributed by atoms with Crippen LogP contribution in [0.5, 0.6) is 0 Å². The van der Waals surface area contributed by atoms with Crippen molar-refractivity contribution in [2.45, 2.75) is 57.5 Å². The highest BCUT2D eigenvalue weighted by molar-refractivity contribution is 5.91. The second-order valence-corrected chi connectivity index (χ2v) is 10.8. The molecular formula is C25H33FN2O2. The van der Waals surface area contributed by atoms with Gasteiger partial charge in [0.25, 0.3) is 0 Å². The fraction of sp³-hybridized carbons (Fsp3) is 0.640. The molecule has 1 aromatic carbocycles. The van der Waals surface area contributed by atoms with E-state index in [4.69, 9.17) is 4.74 Å². The van der Waals surface area contributed by atoms with E-state index in [9.17, 15) is 9.18 Å². The number of hydrogen-bond acceptors (Lipinski definition) is 3. The van der Waals surface area contributed by atoms with Crippen LogP contribution in [0.3, 0.4) is 0 Å². The number of anilines is 1. The quantitative estimate of drug-likeness (QED) is 0.632. The van der Waals surface area contributed by atoms with Gasteiger partial charge in [-0.3, -0.25) is 4.90 Å². The van der Waals surface area contributed by atoms with E-state index in [1.165, 1.54) is 25.5 Å². The smallest absolute Gasteiger partial charge is 0.414 e. The lowest BCUT2D eigenvalue weighted by atomic mass is 9.74. The lowest BCUT2D eigenvalue weighted by Gasteiger charge is -2.41. The normalized spacial score (nSPS) is 29.6. The maximum Gasteiger partial charge on any atom is 0.414 e. The number of halogens is 1. The molecule has 2 aliphatic carbocycles. The van der Waals surface area contributed by atoms with Gasteiger partial charge >= 0.3 is 6.09 Å². The van der Waals surface area contributed by atoms with Gasteiger partial charge in [0.05, 0.1) is 5.69 Å². The molecule has 30 heavy (non-hydrogen) atoms. The maximum atomic E-state index is 14.2. The van der Waals surface area contributed by atoms with Crippen molar-refractivity contribution in [3.05, 3.63) is 41.7 Å². The first-order valence-electron chi connectivity index (χ1n) is 11.4. The van der Waals surface area contributed by atoms with Crippen LogP contribution in [-0.4, -0.2) is 42.8 Å². The van der Waals surface area contributed by atoms with E-state index in [-0.39, 0.29) is 17.3 Å². The summed E-state index contributed by atoms with van der Waals surface area (Å²) in [5, 5.41) is 0. The Labute approximate surface area is 179 Å². The van der Waals surface area contributed by atoms with Crippen LogP contribution in [0.15, 0.2) is 30.4 Å². The zero-order valence-corrected chi connectivity index (χ0v) is 18.4. The Kier molecular flexibility index (Phi) is 4.73. The molecule has 2 aliphatic heterocycles. The van der Waals surface area contributed by atoms with Gasteiger partial charge in [-0.25, -0.2) is 9.18 Å². The molecule has 5 rings (SSSR count). The largest absolute Gasteiger partial charge is 0.443 e. The lowest BCUT2D eigenvalue weighted by Crippen LogP contribution is -2.47. The second-order valence-electron chi connectivity index (χ2n) is 10.8. The molecule has 2 heterocycles. The van der Waals surface area contributed by atoms with E-state index in [2.05, 4.69) is 17.1 Å². The van der Waals surface area contributed by atoms with Crippen LogP contribution in [0, 0.1) is 23.6 Å². The van der Waals surface area contributed by atoms with Crippen molar-refractivity contribution in [2.75, 3.05) is 31.1 Å². The van der Waals surface area contributed by atoms with E-state index in [1.807, 2.05) is 20.8 Å². The van der Waals surface area contributed by atoms with Crippen molar-refractivity contribution in [1.82, 2.24) is 4.90 Å². The summed E-state index contributed by atoms with van der Waals surface area (Å²) in [5.41, 5.74) is 1.08. The summed E-state index contributed by atoms with van der Waals surface area (Å²) < 4.78 is 19.8. The van der Waals surface area contributed by atoms with E-state index >= 15 is 0 Å². The Morgan fingerprint density at radius 1 is 1.20 bits per heavy atom. The minimum Gasteiger partial charge on any atom is -0.443 e. The molecule has 0 aromatic heterocycles. The molecular weight excluding hydrogens is 379 g/mol. The van der Waals surface area contributed by atoms with Gasteiger partial charge in [0, 0.05) is 18.5 Å². The van der Waals surface area contributed by atoms with E-state index in [1.54, 1.807) is 17.0 Å². The average Bonchev–Trinajstić information content (AvgIpc) is 3.36. The number of carbonyl (C=O) groups is 1. The van der Waals surface area contributed by atoms with Crippen LogP contribution in [0.1, 0.15) is 52.0 Å². The van der Waals surface area contributed by atoms with Crippen LogP contribution >= 0.6 is 0 Å². The van der Waals surface area contributed by atoms with Crippen LogP contribution < -0.4 is 4.90 Å². The Morgan fingerprint density at radius 2 is 1.97 bits per heavy atom. The van der Waals surface area contributed by atoms with Gasteiger partial charge in [-0.05, 0) is 101 Å². The summed E-state index contributed by atoms with van der Waals surface area (Å²) in [6, 6.07) is 4.85. The van der Waals surface area contributed by atoms with Gasteiger partial charge in [-0.2, -0.15) is 0 Å². The Hall–Kier alpha value is -1.88. The highest BCUT2D eigenvalue weighted by atomic mass is 19.1. The monoisotopic (exact) mass is 412 g/mol. The highest BCUT2D eigenvalue weighted by Crippen LogP contribution is 2.49. The predicted molar refractivity (Wildman–Crippen MR) is 116 cm³/mol. The van der Waals surface area contributed by atoms with Crippen LogP contribution in [-0.2, 0) is 10.2 Å². The molecule has 4 nitrogen and oxygen atoms in total. The molecule has 1 saturated heterocycles. The molecule has 0 radical (unpaired) electrons. The number of carbonyl (C=O) groups excluding carboxylic acids is 1. The van der Waals surface area contributed by atoms with Gasteiger partial charge in [0.15, 0.2) is 0 Å². The molecule has 1 aromatic rings. The molecule has 2 bridgehead atoms. The summed E-state index contributed by atoms with van der Waals surface area (Å²) in [5.74, 6) is 2.15. The number of rotatable bonds is 2. The van der Waals surface area contributed by atoms with Crippen molar-refractivity contribution >= 4 is 11.8 Å². The lowest BCUT2D eigenvalue weighted by molar-refractivity contribution is 0.0569. The number of likely N-dealkylation sites (tertiary alicyclic amines) is 1. The molecule has 3 atom stereocenters. The SMILES string of the molecule is CC(C)(C)OC(=O)N1CC2(CCN(C[C@@H]3C[C@H]4C=C[C@@H]3C4)CC2)c2cc(F)ccc21. The first kappa shape index (κ1) is 20.0. The average molecular weight is 413 g/mol. The van der Waals surface area contributed by atoms with Crippen LogP contribution in [0.4, 0.5) is 14.9 Å². The first-order chi connectivity index (χ1) is 14.2. The standard InChI is InChI=1S/C25H33FN2O2/c1-24(2,3)30-23(29)28-16-25(21-14-20(26)6-7-22(21)28)8-10-27(11-9-25)15-19-13-17-4-5-18(19)12-17/h4-7,14,17-19H,8-13,15-16H2,1-3H3/t17-,18+,19-/m0/s1. The Bertz CT molecular complexity index is 866. The molecule has 1 amide bonds. The van der Waals surface area contributed by atoms with E-state index in [0.717, 1.165) is 54.9 Å². The molecule has 2 fully saturated rings.